The Hall–Kier alpha value is -1.57. The molecule has 3 rings (SSSR count). The second-order valence-electron chi connectivity index (χ2n) is 4.24. The highest BCUT2D eigenvalue weighted by atomic mass is 16.3. The second-order valence-corrected chi connectivity index (χ2v) is 4.24. The van der Waals surface area contributed by atoms with Crippen molar-refractivity contribution in [2.45, 2.75) is 25.7 Å². The van der Waals surface area contributed by atoms with E-state index >= 15 is 0 Å². The molecular weight excluding hydrogens is 188 g/mol. The molecule has 0 saturated heterocycles. The van der Waals surface area contributed by atoms with Crippen LogP contribution in [0.1, 0.15) is 30.4 Å². The molecule has 1 aromatic rings. The highest BCUT2D eigenvalue weighted by Crippen LogP contribution is 2.40. The van der Waals surface area contributed by atoms with E-state index < -0.39 is 0 Å². The molecule has 1 N–H and O–H groups in total. The van der Waals surface area contributed by atoms with E-state index in [1.165, 1.54) is 11.1 Å². The summed E-state index contributed by atoms with van der Waals surface area (Å²) < 4.78 is 0. The monoisotopic (exact) mass is 200 g/mol. The Morgan fingerprint density at radius 3 is 2.73 bits per heavy atom. The largest absolute Gasteiger partial charge is 0.508 e. The summed E-state index contributed by atoms with van der Waals surface area (Å²) in [5.41, 5.74) is 4.35. The van der Waals surface area contributed by atoms with Crippen LogP contribution in [0.3, 0.4) is 0 Å². The smallest absolute Gasteiger partial charge is 0.163 e. The first-order chi connectivity index (χ1) is 7.25. The number of aromatic hydroxyl groups is 1. The number of hydrogen-bond acceptors (Lipinski definition) is 2. The van der Waals surface area contributed by atoms with Gasteiger partial charge in [-0.15, -0.1) is 0 Å². The minimum Gasteiger partial charge on any atom is -0.508 e. The number of carbonyl (C=O) groups excluding carboxylic acids is 1. The van der Waals surface area contributed by atoms with Crippen LogP contribution in [0.5, 0.6) is 5.75 Å². The zero-order valence-corrected chi connectivity index (χ0v) is 8.42. The molecule has 2 heteroatoms. The molecule has 0 fully saturated rings. The zero-order valence-electron chi connectivity index (χ0n) is 8.42. The van der Waals surface area contributed by atoms with E-state index in [9.17, 15) is 9.90 Å². The number of hydrogen-bond donors (Lipinski definition) is 1. The van der Waals surface area contributed by atoms with Crippen molar-refractivity contribution < 1.29 is 9.90 Å². The third-order valence-corrected chi connectivity index (χ3v) is 3.35. The fourth-order valence-electron chi connectivity index (χ4n) is 2.60. The molecule has 0 spiro atoms. The Morgan fingerprint density at radius 2 is 1.87 bits per heavy atom. The van der Waals surface area contributed by atoms with Crippen LogP contribution < -0.4 is 0 Å². The van der Waals surface area contributed by atoms with Crippen molar-refractivity contribution in [2.75, 3.05) is 0 Å². The number of fused-ring (bicyclic) bond motifs is 2. The van der Waals surface area contributed by atoms with Gasteiger partial charge in [-0.3, -0.25) is 4.79 Å². The van der Waals surface area contributed by atoms with Crippen LogP contribution in [0.4, 0.5) is 0 Å². The number of ketones is 1. The molecule has 0 radical (unpaired) electrons. The molecule has 0 atom stereocenters. The number of phenolic OH excluding ortho intramolecular Hbond substituents is 1. The Labute approximate surface area is 88.2 Å². The van der Waals surface area contributed by atoms with Crippen LogP contribution in [0.25, 0.3) is 5.57 Å². The van der Waals surface area contributed by atoms with Crippen LogP contribution in [-0.2, 0) is 11.2 Å². The van der Waals surface area contributed by atoms with E-state index in [0.29, 0.717) is 6.42 Å². The van der Waals surface area contributed by atoms with E-state index in [2.05, 4.69) is 0 Å². The molecule has 0 amide bonds. The number of allylic oxidation sites excluding steroid dienone is 2. The fraction of sp³-hybridized carbons (Fsp3) is 0.308. The molecule has 76 valence electrons. The highest BCUT2D eigenvalue weighted by Gasteiger charge is 2.28. The number of rotatable bonds is 0. The molecule has 15 heavy (non-hydrogen) atoms. The quantitative estimate of drug-likeness (QED) is 0.698. The molecule has 0 unspecified atom stereocenters. The summed E-state index contributed by atoms with van der Waals surface area (Å²) in [6, 6.07) is 5.36. The normalized spacial score (nSPS) is 19.1. The molecule has 0 aromatic heterocycles. The molecule has 2 aliphatic carbocycles. The van der Waals surface area contributed by atoms with E-state index in [1.54, 1.807) is 12.1 Å². The first-order valence-corrected chi connectivity index (χ1v) is 5.33. The zero-order chi connectivity index (χ0) is 10.4. The maximum Gasteiger partial charge on any atom is 0.163 e. The van der Waals surface area contributed by atoms with Gasteiger partial charge < -0.3 is 5.11 Å². The summed E-state index contributed by atoms with van der Waals surface area (Å²) >= 11 is 0. The fourth-order valence-corrected chi connectivity index (χ4v) is 2.60. The lowest BCUT2D eigenvalue weighted by Crippen LogP contribution is -2.05. The Kier molecular flexibility index (Phi) is 1.72. The maximum absolute atomic E-state index is 11.7. The van der Waals surface area contributed by atoms with Gasteiger partial charge in [0.05, 0.1) is 0 Å². The van der Waals surface area contributed by atoms with Gasteiger partial charge in [-0.25, -0.2) is 0 Å². The number of carbonyl (C=O) groups is 1. The molecule has 2 aliphatic rings. The summed E-state index contributed by atoms with van der Waals surface area (Å²) in [4.78, 5) is 11.7. The average molecular weight is 200 g/mol. The Balaban J connectivity index is 2.23. The van der Waals surface area contributed by atoms with Crippen LogP contribution in [0, 0.1) is 0 Å². The van der Waals surface area contributed by atoms with Crippen molar-refractivity contribution in [3.63, 3.8) is 0 Å². The lowest BCUT2D eigenvalue weighted by molar-refractivity contribution is -0.113. The van der Waals surface area contributed by atoms with Crippen molar-refractivity contribution in [2.24, 2.45) is 0 Å². The van der Waals surface area contributed by atoms with Gasteiger partial charge in [0.25, 0.3) is 0 Å². The lowest BCUT2D eigenvalue weighted by Gasteiger charge is -2.17. The molecule has 0 saturated carbocycles. The Bertz CT molecular complexity index is 483. The van der Waals surface area contributed by atoms with Gasteiger partial charge in [0, 0.05) is 12.0 Å². The van der Waals surface area contributed by atoms with Gasteiger partial charge >= 0.3 is 0 Å². The number of benzene rings is 1. The lowest BCUT2D eigenvalue weighted by atomic mass is 9.87. The van der Waals surface area contributed by atoms with Crippen molar-refractivity contribution in [3.05, 3.63) is 34.9 Å². The molecule has 0 bridgehead atoms. The average Bonchev–Trinajstić information content (AvgIpc) is 2.60. The summed E-state index contributed by atoms with van der Waals surface area (Å²) in [6.07, 6.45) is 3.59. The van der Waals surface area contributed by atoms with Gasteiger partial charge in [0.2, 0.25) is 0 Å². The minimum absolute atomic E-state index is 0.247. The van der Waals surface area contributed by atoms with Gasteiger partial charge in [-0.2, -0.15) is 0 Å². The standard InChI is InChI=1S/C13H12O2/c14-10-5-3-8-1-2-9-4-6-12(15)13(9)11(8)7-10/h3,5,7,14H,1-2,4,6H2. The first kappa shape index (κ1) is 8.72. The molecule has 1 aromatic carbocycles. The van der Waals surface area contributed by atoms with Crippen LogP contribution in [-0.4, -0.2) is 10.9 Å². The van der Waals surface area contributed by atoms with Crippen LogP contribution >= 0.6 is 0 Å². The number of aryl methyl sites for hydroxylation is 1. The van der Waals surface area contributed by atoms with Crippen LogP contribution in [0.15, 0.2) is 23.8 Å². The van der Waals surface area contributed by atoms with Crippen molar-refractivity contribution in [1.29, 1.82) is 0 Å². The Morgan fingerprint density at radius 1 is 1.07 bits per heavy atom. The van der Waals surface area contributed by atoms with Crippen molar-refractivity contribution in [3.8, 4) is 5.75 Å². The molecular formula is C13H12O2. The second kappa shape index (κ2) is 2.96. The minimum atomic E-state index is 0.247. The summed E-state index contributed by atoms with van der Waals surface area (Å²) in [5, 5.41) is 9.46. The van der Waals surface area contributed by atoms with E-state index in [0.717, 1.165) is 30.4 Å². The van der Waals surface area contributed by atoms with Gasteiger partial charge in [-0.05, 0) is 42.5 Å². The topological polar surface area (TPSA) is 37.3 Å². The third kappa shape index (κ3) is 1.21. The molecule has 0 heterocycles. The van der Waals surface area contributed by atoms with Crippen molar-refractivity contribution >= 4 is 11.4 Å². The van der Waals surface area contributed by atoms with Gasteiger partial charge in [0.1, 0.15) is 5.75 Å². The van der Waals surface area contributed by atoms with E-state index in [4.69, 9.17) is 0 Å². The van der Waals surface area contributed by atoms with Crippen molar-refractivity contribution in [1.82, 2.24) is 0 Å². The van der Waals surface area contributed by atoms with Gasteiger partial charge in [0.15, 0.2) is 5.78 Å². The maximum atomic E-state index is 11.7. The molecule has 0 aliphatic heterocycles. The predicted molar refractivity (Wildman–Crippen MR) is 57.6 cm³/mol. The van der Waals surface area contributed by atoms with E-state index in [-0.39, 0.29) is 11.5 Å². The summed E-state index contributed by atoms with van der Waals surface area (Å²) in [6.45, 7) is 0. The summed E-state index contributed by atoms with van der Waals surface area (Å²) in [5.74, 6) is 0.499. The molecule has 2 nitrogen and oxygen atoms in total. The summed E-state index contributed by atoms with van der Waals surface area (Å²) in [7, 11) is 0. The number of phenols is 1. The first-order valence-electron chi connectivity index (χ1n) is 5.33. The van der Waals surface area contributed by atoms with Crippen LogP contribution in [0.2, 0.25) is 0 Å². The highest BCUT2D eigenvalue weighted by molar-refractivity contribution is 6.24. The SMILES string of the molecule is O=C1CCC2=C1c1cc(O)ccc1CC2. The third-order valence-electron chi connectivity index (χ3n) is 3.35. The van der Waals surface area contributed by atoms with E-state index in [1.807, 2.05) is 6.07 Å². The van der Waals surface area contributed by atoms with Gasteiger partial charge in [-0.1, -0.05) is 11.6 Å². The number of Topliss-reactive ketones (excluding diaryl/α,β-unsaturated/α-hetero) is 1. The predicted octanol–water partition coefficient (Wildman–Crippen LogP) is 2.45.